The van der Waals surface area contributed by atoms with Gasteiger partial charge in [-0.15, -0.1) is 0 Å². The molecule has 1 amide bonds. The van der Waals surface area contributed by atoms with E-state index < -0.39 is 12.1 Å². The van der Waals surface area contributed by atoms with Crippen molar-refractivity contribution in [2.45, 2.75) is 6.92 Å². The molecular weight excluding hydrogens is 394 g/mol. The molecule has 0 unspecified atom stereocenters. The fourth-order valence-electron chi connectivity index (χ4n) is 3.78. The van der Waals surface area contributed by atoms with Crippen molar-refractivity contribution >= 4 is 51.3 Å². The van der Waals surface area contributed by atoms with Crippen LogP contribution in [0.5, 0.6) is 0 Å². The summed E-state index contributed by atoms with van der Waals surface area (Å²) in [5.74, 6) is -1.07. The van der Waals surface area contributed by atoms with Gasteiger partial charge in [0.25, 0.3) is 0 Å². The number of benzene rings is 4. The molecule has 4 aromatic rings. The van der Waals surface area contributed by atoms with Crippen molar-refractivity contribution in [3.8, 4) is 0 Å². The van der Waals surface area contributed by atoms with E-state index in [1.54, 1.807) is 43.3 Å². The van der Waals surface area contributed by atoms with Gasteiger partial charge in [-0.25, -0.2) is 14.5 Å². The molecule has 154 valence electrons. The maximum atomic E-state index is 13.2. The quantitative estimate of drug-likeness (QED) is 0.418. The molecule has 0 bridgehead atoms. The fraction of sp³-hybridized carbons (Fsp3) is 0.0800. The number of carboxylic acid groups (broad SMARTS) is 1. The van der Waals surface area contributed by atoms with Gasteiger partial charge in [0.2, 0.25) is 0 Å². The van der Waals surface area contributed by atoms with Crippen LogP contribution >= 0.6 is 0 Å². The third-order valence-corrected chi connectivity index (χ3v) is 5.11. The van der Waals surface area contributed by atoms with Gasteiger partial charge in [-0.2, -0.15) is 0 Å². The number of ether oxygens (including phenoxy) is 1. The Morgan fingerprint density at radius 2 is 1.58 bits per heavy atom. The maximum Gasteiger partial charge on any atom is 0.418 e. The topological polar surface area (TPSA) is 83.9 Å². The summed E-state index contributed by atoms with van der Waals surface area (Å²) in [6.07, 6.45) is 0.0390. The Hall–Kier alpha value is -4.19. The third kappa shape index (κ3) is 3.48. The first kappa shape index (κ1) is 20.1. The summed E-state index contributed by atoms with van der Waals surface area (Å²) in [7, 11) is 0. The van der Waals surface area contributed by atoms with Crippen LogP contribution in [0, 0.1) is 0 Å². The van der Waals surface area contributed by atoms with Gasteiger partial charge in [-0.05, 0) is 35.9 Å². The molecule has 0 aromatic heterocycles. The van der Waals surface area contributed by atoms with Gasteiger partial charge < -0.3 is 9.84 Å². The number of amides is 1. The van der Waals surface area contributed by atoms with Crippen molar-refractivity contribution in [1.29, 1.82) is 0 Å². The van der Waals surface area contributed by atoms with Crippen LogP contribution in [-0.4, -0.2) is 30.1 Å². The summed E-state index contributed by atoms with van der Waals surface area (Å²) in [6, 6.07) is 20.9. The van der Waals surface area contributed by atoms with Crippen LogP contribution in [-0.2, 0) is 4.74 Å². The smallest absolute Gasteiger partial charge is 0.418 e. The standard InChI is InChI=1S/C25H19NO5/c1-2-31-25(30)26(23-17(15-27)12-11-16-7-3-4-8-18(16)23)22-14-13-21(24(28)29)19-9-5-6-10-20(19)22/h3-15H,2H2,1H3,(H,28,29). The molecule has 6 heteroatoms. The molecule has 0 aliphatic carbocycles. The van der Waals surface area contributed by atoms with Crippen molar-refractivity contribution in [2.24, 2.45) is 0 Å². The largest absolute Gasteiger partial charge is 0.478 e. The molecule has 4 rings (SSSR count). The molecule has 0 radical (unpaired) electrons. The molecule has 0 aliphatic rings. The highest BCUT2D eigenvalue weighted by Crippen LogP contribution is 2.39. The third-order valence-electron chi connectivity index (χ3n) is 5.11. The lowest BCUT2D eigenvalue weighted by Gasteiger charge is -2.26. The summed E-state index contributed by atoms with van der Waals surface area (Å²) in [4.78, 5) is 38.2. The monoisotopic (exact) mass is 413 g/mol. The number of hydrogen-bond acceptors (Lipinski definition) is 4. The van der Waals surface area contributed by atoms with E-state index in [0.717, 1.165) is 5.39 Å². The van der Waals surface area contributed by atoms with E-state index in [-0.39, 0.29) is 12.2 Å². The first-order valence-corrected chi connectivity index (χ1v) is 9.75. The van der Waals surface area contributed by atoms with E-state index in [1.807, 2.05) is 30.3 Å². The van der Waals surface area contributed by atoms with Gasteiger partial charge in [-0.1, -0.05) is 54.6 Å². The number of carbonyl (C=O) groups excluding carboxylic acids is 2. The van der Waals surface area contributed by atoms with Crippen molar-refractivity contribution in [3.05, 3.63) is 83.9 Å². The zero-order valence-electron chi connectivity index (χ0n) is 16.7. The molecule has 31 heavy (non-hydrogen) atoms. The van der Waals surface area contributed by atoms with Crippen LogP contribution in [0.3, 0.4) is 0 Å². The number of aldehydes is 1. The van der Waals surface area contributed by atoms with Gasteiger partial charge in [0.1, 0.15) is 0 Å². The number of fused-ring (bicyclic) bond motifs is 2. The first-order valence-electron chi connectivity index (χ1n) is 9.75. The van der Waals surface area contributed by atoms with Crippen molar-refractivity contribution < 1.29 is 24.2 Å². The lowest BCUT2D eigenvalue weighted by atomic mass is 9.99. The van der Waals surface area contributed by atoms with Crippen LogP contribution in [0.15, 0.2) is 72.8 Å². The average molecular weight is 413 g/mol. The number of carbonyl (C=O) groups is 3. The number of aromatic carboxylic acids is 1. The average Bonchev–Trinajstić information content (AvgIpc) is 2.79. The highest BCUT2D eigenvalue weighted by molar-refractivity contribution is 6.16. The second-order valence-corrected chi connectivity index (χ2v) is 6.86. The lowest BCUT2D eigenvalue weighted by molar-refractivity contribution is 0.0699. The summed E-state index contributed by atoms with van der Waals surface area (Å²) in [5.41, 5.74) is 1.26. The van der Waals surface area contributed by atoms with E-state index in [1.165, 1.54) is 11.0 Å². The summed E-state index contributed by atoms with van der Waals surface area (Å²) in [6.45, 7) is 1.84. The lowest BCUT2D eigenvalue weighted by Crippen LogP contribution is -2.28. The van der Waals surface area contributed by atoms with Gasteiger partial charge in [0.05, 0.1) is 23.5 Å². The molecule has 4 aromatic carbocycles. The van der Waals surface area contributed by atoms with Crippen LogP contribution in [0.4, 0.5) is 16.2 Å². The predicted octanol–water partition coefficient (Wildman–Crippen LogP) is 5.80. The molecule has 0 saturated carbocycles. The van der Waals surface area contributed by atoms with Crippen LogP contribution in [0.2, 0.25) is 0 Å². The van der Waals surface area contributed by atoms with E-state index in [0.29, 0.717) is 39.4 Å². The molecule has 0 aliphatic heterocycles. The molecule has 1 N–H and O–H groups in total. The van der Waals surface area contributed by atoms with Crippen LogP contribution < -0.4 is 4.90 Å². The zero-order valence-corrected chi connectivity index (χ0v) is 16.7. The Labute approximate surface area is 178 Å². The van der Waals surface area contributed by atoms with Gasteiger partial charge >= 0.3 is 12.1 Å². The second kappa shape index (κ2) is 8.28. The summed E-state index contributed by atoms with van der Waals surface area (Å²) in [5, 5.41) is 12.2. The fourth-order valence-corrected chi connectivity index (χ4v) is 3.78. The SMILES string of the molecule is CCOC(=O)N(c1c(C=O)ccc2ccccc12)c1ccc(C(=O)O)c2ccccc12. The minimum atomic E-state index is -1.07. The Bertz CT molecular complexity index is 1330. The minimum absolute atomic E-state index is 0.122. The van der Waals surface area contributed by atoms with Gasteiger partial charge in [-0.3, -0.25) is 4.79 Å². The number of hydrogen-bond donors (Lipinski definition) is 1. The minimum Gasteiger partial charge on any atom is -0.478 e. The Balaban J connectivity index is 2.10. The predicted molar refractivity (Wildman–Crippen MR) is 119 cm³/mol. The molecular formula is C25H19NO5. The van der Waals surface area contributed by atoms with Crippen molar-refractivity contribution in [1.82, 2.24) is 0 Å². The Morgan fingerprint density at radius 3 is 2.26 bits per heavy atom. The molecule has 0 fully saturated rings. The number of nitrogens with zero attached hydrogens (tertiary/aromatic N) is 1. The van der Waals surface area contributed by atoms with Gasteiger partial charge in [0.15, 0.2) is 6.29 Å². The second-order valence-electron chi connectivity index (χ2n) is 6.86. The highest BCUT2D eigenvalue weighted by atomic mass is 16.6. The van der Waals surface area contributed by atoms with E-state index >= 15 is 0 Å². The molecule has 0 spiro atoms. The number of rotatable bonds is 5. The van der Waals surface area contributed by atoms with E-state index in [9.17, 15) is 19.5 Å². The van der Waals surface area contributed by atoms with Crippen molar-refractivity contribution in [3.63, 3.8) is 0 Å². The van der Waals surface area contributed by atoms with Crippen LogP contribution in [0.25, 0.3) is 21.5 Å². The molecule has 0 atom stereocenters. The van der Waals surface area contributed by atoms with E-state index in [2.05, 4.69) is 0 Å². The summed E-state index contributed by atoms with van der Waals surface area (Å²) >= 11 is 0. The van der Waals surface area contributed by atoms with E-state index in [4.69, 9.17) is 4.74 Å². The maximum absolute atomic E-state index is 13.2. The summed E-state index contributed by atoms with van der Waals surface area (Å²) < 4.78 is 5.34. The number of carboxylic acids is 1. The molecule has 6 nitrogen and oxygen atoms in total. The van der Waals surface area contributed by atoms with Gasteiger partial charge in [0, 0.05) is 16.3 Å². The number of anilines is 2. The normalized spacial score (nSPS) is 10.7. The van der Waals surface area contributed by atoms with Crippen molar-refractivity contribution in [2.75, 3.05) is 11.5 Å². The van der Waals surface area contributed by atoms with Crippen LogP contribution in [0.1, 0.15) is 27.6 Å². The molecule has 0 saturated heterocycles. The Morgan fingerprint density at radius 1 is 0.903 bits per heavy atom. The zero-order chi connectivity index (χ0) is 22.0. The highest BCUT2D eigenvalue weighted by Gasteiger charge is 2.27. The first-order chi connectivity index (χ1) is 15.1. The molecule has 0 heterocycles. The Kier molecular flexibility index (Phi) is 5.37.